The van der Waals surface area contributed by atoms with Crippen molar-refractivity contribution in [2.24, 2.45) is 7.05 Å². The Labute approximate surface area is 160 Å². The van der Waals surface area contributed by atoms with E-state index in [1.54, 1.807) is 23.4 Å². The van der Waals surface area contributed by atoms with Crippen molar-refractivity contribution < 1.29 is 8.42 Å². The van der Waals surface area contributed by atoms with Gasteiger partial charge in [0.1, 0.15) is 0 Å². The van der Waals surface area contributed by atoms with Crippen LogP contribution in [-0.2, 0) is 23.6 Å². The second kappa shape index (κ2) is 7.31. The molecule has 142 valence electrons. The molecule has 1 aliphatic rings. The molecular formula is C18H25ClN4O2S. The van der Waals surface area contributed by atoms with Crippen LogP contribution in [0.2, 0.25) is 5.02 Å². The Morgan fingerprint density at radius 1 is 1.08 bits per heavy atom. The van der Waals surface area contributed by atoms with Gasteiger partial charge in [0.2, 0.25) is 10.0 Å². The van der Waals surface area contributed by atoms with Gasteiger partial charge < -0.3 is 0 Å². The summed E-state index contributed by atoms with van der Waals surface area (Å²) in [5.41, 5.74) is 3.68. The molecule has 1 fully saturated rings. The van der Waals surface area contributed by atoms with Gasteiger partial charge in [-0.2, -0.15) is 9.40 Å². The highest BCUT2D eigenvalue weighted by molar-refractivity contribution is 7.89. The smallest absolute Gasteiger partial charge is 0.243 e. The van der Waals surface area contributed by atoms with E-state index < -0.39 is 10.0 Å². The lowest BCUT2D eigenvalue weighted by molar-refractivity contribution is 0.181. The number of piperazine rings is 1. The van der Waals surface area contributed by atoms with Crippen LogP contribution in [0.15, 0.2) is 23.2 Å². The van der Waals surface area contributed by atoms with E-state index in [1.165, 1.54) is 5.56 Å². The molecule has 0 aliphatic carbocycles. The van der Waals surface area contributed by atoms with E-state index in [2.05, 4.69) is 10.00 Å². The quantitative estimate of drug-likeness (QED) is 0.796. The minimum Gasteiger partial charge on any atom is -0.296 e. The third-order valence-corrected chi connectivity index (χ3v) is 7.36. The van der Waals surface area contributed by atoms with Crippen molar-refractivity contribution in [1.82, 2.24) is 19.0 Å². The molecular weight excluding hydrogens is 372 g/mol. The maximum absolute atomic E-state index is 13.0. The van der Waals surface area contributed by atoms with E-state index in [0.29, 0.717) is 41.7 Å². The first-order valence-corrected chi connectivity index (χ1v) is 10.5. The third kappa shape index (κ3) is 3.81. The monoisotopic (exact) mass is 396 g/mol. The zero-order chi connectivity index (χ0) is 19.1. The van der Waals surface area contributed by atoms with E-state index in [9.17, 15) is 8.42 Å². The lowest BCUT2D eigenvalue weighted by Gasteiger charge is -2.34. The van der Waals surface area contributed by atoms with Crippen molar-refractivity contribution in [3.8, 4) is 0 Å². The molecule has 1 aliphatic heterocycles. The molecule has 1 saturated heterocycles. The molecule has 26 heavy (non-hydrogen) atoms. The normalized spacial score (nSPS) is 17.0. The molecule has 8 heteroatoms. The molecule has 1 aromatic carbocycles. The molecule has 2 heterocycles. The Hall–Kier alpha value is -1.41. The summed E-state index contributed by atoms with van der Waals surface area (Å²) in [5.74, 6) is 0. The number of hydrogen-bond donors (Lipinski definition) is 0. The van der Waals surface area contributed by atoms with E-state index in [1.807, 2.05) is 31.8 Å². The molecule has 3 rings (SSSR count). The second-order valence-electron chi connectivity index (χ2n) is 6.96. The van der Waals surface area contributed by atoms with E-state index in [0.717, 1.165) is 17.8 Å². The summed E-state index contributed by atoms with van der Waals surface area (Å²) in [4.78, 5) is 2.63. The average molecular weight is 397 g/mol. The first kappa shape index (κ1) is 19.4. The van der Waals surface area contributed by atoms with Gasteiger partial charge in [-0.05, 0) is 44.0 Å². The van der Waals surface area contributed by atoms with Gasteiger partial charge in [-0.15, -0.1) is 0 Å². The van der Waals surface area contributed by atoms with Crippen molar-refractivity contribution in [3.63, 3.8) is 0 Å². The molecule has 2 aromatic rings. The van der Waals surface area contributed by atoms with Crippen LogP contribution in [0.3, 0.4) is 0 Å². The largest absolute Gasteiger partial charge is 0.296 e. The highest BCUT2D eigenvalue weighted by Gasteiger charge is 2.30. The number of halogens is 1. The van der Waals surface area contributed by atoms with E-state index >= 15 is 0 Å². The minimum atomic E-state index is -3.50. The molecule has 0 saturated carbocycles. The fourth-order valence-corrected chi connectivity index (χ4v) is 5.28. The van der Waals surface area contributed by atoms with Crippen molar-refractivity contribution in [2.45, 2.75) is 32.2 Å². The Morgan fingerprint density at radius 3 is 2.31 bits per heavy atom. The van der Waals surface area contributed by atoms with E-state index in [-0.39, 0.29) is 0 Å². The summed E-state index contributed by atoms with van der Waals surface area (Å²) in [5, 5.41) is 4.96. The van der Waals surface area contributed by atoms with Gasteiger partial charge in [-0.1, -0.05) is 11.6 Å². The summed E-state index contributed by atoms with van der Waals surface area (Å²) in [6.45, 7) is 8.81. The number of rotatable bonds is 4. The molecule has 0 N–H and O–H groups in total. The van der Waals surface area contributed by atoms with Crippen molar-refractivity contribution in [3.05, 3.63) is 45.7 Å². The third-order valence-electron chi connectivity index (χ3n) is 4.91. The average Bonchev–Trinajstić information content (AvgIpc) is 2.88. The van der Waals surface area contributed by atoms with Crippen LogP contribution >= 0.6 is 11.6 Å². The van der Waals surface area contributed by atoms with Crippen molar-refractivity contribution in [1.29, 1.82) is 0 Å². The molecule has 6 nitrogen and oxygen atoms in total. The van der Waals surface area contributed by atoms with Gasteiger partial charge in [0.05, 0.1) is 10.6 Å². The van der Waals surface area contributed by atoms with Crippen LogP contribution in [0, 0.1) is 20.8 Å². The predicted molar refractivity (Wildman–Crippen MR) is 103 cm³/mol. The first-order chi connectivity index (χ1) is 12.2. The fourth-order valence-electron chi connectivity index (χ4n) is 3.34. The van der Waals surface area contributed by atoms with Gasteiger partial charge in [-0.3, -0.25) is 9.58 Å². The Morgan fingerprint density at radius 2 is 1.73 bits per heavy atom. The topological polar surface area (TPSA) is 58.4 Å². The predicted octanol–water partition coefficient (Wildman–Crippen LogP) is 2.51. The zero-order valence-electron chi connectivity index (χ0n) is 15.7. The van der Waals surface area contributed by atoms with Crippen LogP contribution in [0.5, 0.6) is 0 Å². The molecule has 0 radical (unpaired) electrons. The minimum absolute atomic E-state index is 0.357. The number of sulfonamides is 1. The number of hydrogen-bond acceptors (Lipinski definition) is 4. The summed E-state index contributed by atoms with van der Waals surface area (Å²) in [6.07, 6.45) is 2.03. The first-order valence-electron chi connectivity index (χ1n) is 8.67. The number of aromatic nitrogens is 2. The van der Waals surface area contributed by atoms with Crippen LogP contribution in [0.4, 0.5) is 0 Å². The number of benzene rings is 1. The second-order valence-corrected chi connectivity index (χ2v) is 9.27. The van der Waals surface area contributed by atoms with Gasteiger partial charge >= 0.3 is 0 Å². The molecule has 0 atom stereocenters. The van der Waals surface area contributed by atoms with Gasteiger partial charge in [0.15, 0.2) is 0 Å². The Balaban J connectivity index is 1.71. The highest BCUT2D eigenvalue weighted by Crippen LogP contribution is 2.27. The zero-order valence-corrected chi connectivity index (χ0v) is 17.2. The number of nitrogens with zero attached hydrogens (tertiary/aromatic N) is 4. The van der Waals surface area contributed by atoms with Crippen LogP contribution in [-0.4, -0.2) is 53.6 Å². The van der Waals surface area contributed by atoms with Crippen LogP contribution < -0.4 is 0 Å². The summed E-state index contributed by atoms with van der Waals surface area (Å²) in [6, 6.07) is 3.41. The lowest BCUT2D eigenvalue weighted by Crippen LogP contribution is -2.48. The van der Waals surface area contributed by atoms with Crippen LogP contribution in [0.25, 0.3) is 0 Å². The van der Waals surface area contributed by atoms with E-state index in [4.69, 9.17) is 11.6 Å². The molecule has 0 amide bonds. The van der Waals surface area contributed by atoms with Crippen LogP contribution in [0.1, 0.15) is 22.4 Å². The lowest BCUT2D eigenvalue weighted by atomic mass is 10.2. The van der Waals surface area contributed by atoms with Crippen molar-refractivity contribution >= 4 is 21.6 Å². The Bertz CT molecular complexity index is 916. The number of aryl methyl sites for hydroxylation is 4. The van der Waals surface area contributed by atoms with Gasteiger partial charge in [0.25, 0.3) is 0 Å². The highest BCUT2D eigenvalue weighted by atomic mass is 35.5. The van der Waals surface area contributed by atoms with Gasteiger partial charge in [0, 0.05) is 56.6 Å². The molecule has 0 spiro atoms. The van der Waals surface area contributed by atoms with Gasteiger partial charge in [-0.25, -0.2) is 8.42 Å². The molecule has 0 bridgehead atoms. The Kier molecular flexibility index (Phi) is 5.44. The van der Waals surface area contributed by atoms with Crippen molar-refractivity contribution in [2.75, 3.05) is 26.2 Å². The fraction of sp³-hybridized carbons (Fsp3) is 0.500. The summed E-state index contributed by atoms with van der Waals surface area (Å²) in [7, 11) is -1.59. The summed E-state index contributed by atoms with van der Waals surface area (Å²) >= 11 is 6.11. The maximum Gasteiger partial charge on any atom is 0.243 e. The maximum atomic E-state index is 13.0. The summed E-state index contributed by atoms with van der Waals surface area (Å²) < 4.78 is 29.5. The standard InChI is InChI=1S/C18H25ClN4O2S/c1-13-10-18(14(2)9-17(13)19)26(24,25)23-7-5-22(6-8-23)12-16-11-21(4)20-15(16)3/h9-11H,5-8,12H2,1-4H3. The molecule has 0 unspecified atom stereocenters. The molecule has 1 aromatic heterocycles. The SMILES string of the molecule is Cc1cc(S(=O)(=O)N2CCN(Cc3cn(C)nc3C)CC2)c(C)cc1Cl.